The minimum absolute atomic E-state index is 0.0342. The first-order valence-electron chi connectivity index (χ1n) is 10.0. The Labute approximate surface area is 186 Å². The zero-order chi connectivity index (χ0) is 22.6. The van der Waals surface area contributed by atoms with E-state index in [1.165, 1.54) is 12.5 Å². The Balaban J connectivity index is 0.000000291. The van der Waals surface area contributed by atoms with Gasteiger partial charge in [0.25, 0.3) is 0 Å². The molecule has 0 radical (unpaired) electrons. The Morgan fingerprint density at radius 3 is 2.45 bits per heavy atom. The van der Waals surface area contributed by atoms with Gasteiger partial charge in [0.15, 0.2) is 16.6 Å². The van der Waals surface area contributed by atoms with Gasteiger partial charge in [-0.05, 0) is 29.7 Å². The SMILES string of the molecule is CC(=O)SCC(C)C(=O)O.OC[C@H](Cc1ccccc1)NCc1ccc2c(c1)OCO2. The molecule has 0 amide bonds. The van der Waals surface area contributed by atoms with Gasteiger partial charge in [-0.2, -0.15) is 0 Å². The number of carboxylic acid groups (broad SMARTS) is 1. The van der Waals surface area contributed by atoms with Crippen molar-refractivity contribution in [1.82, 2.24) is 5.32 Å². The molecule has 2 aromatic rings. The van der Waals surface area contributed by atoms with Gasteiger partial charge in [-0.15, -0.1) is 0 Å². The van der Waals surface area contributed by atoms with Crippen LogP contribution in [0.5, 0.6) is 11.5 Å². The largest absolute Gasteiger partial charge is 0.481 e. The van der Waals surface area contributed by atoms with E-state index in [-0.39, 0.29) is 17.8 Å². The molecule has 0 spiro atoms. The van der Waals surface area contributed by atoms with Crippen molar-refractivity contribution in [3.8, 4) is 11.5 Å². The Morgan fingerprint density at radius 2 is 1.81 bits per heavy atom. The zero-order valence-electron chi connectivity index (χ0n) is 17.7. The molecule has 1 aliphatic rings. The lowest BCUT2D eigenvalue weighted by molar-refractivity contribution is -0.140. The summed E-state index contributed by atoms with van der Waals surface area (Å²) in [5, 5.41) is 21.2. The highest BCUT2D eigenvalue weighted by Crippen LogP contribution is 2.32. The normalized spacial score (nSPS) is 13.6. The fraction of sp³-hybridized carbons (Fsp3) is 0.391. The Hall–Kier alpha value is -2.55. The summed E-state index contributed by atoms with van der Waals surface area (Å²) >= 11 is 1.05. The Morgan fingerprint density at radius 1 is 1.10 bits per heavy atom. The maximum Gasteiger partial charge on any atom is 0.307 e. The van der Waals surface area contributed by atoms with Crippen molar-refractivity contribution in [2.24, 2.45) is 5.92 Å². The molecule has 1 unspecified atom stereocenters. The van der Waals surface area contributed by atoms with E-state index in [0.29, 0.717) is 19.1 Å². The molecule has 0 aromatic heterocycles. The maximum atomic E-state index is 10.3. The lowest BCUT2D eigenvalue weighted by atomic mass is 10.1. The molecule has 0 saturated carbocycles. The number of benzene rings is 2. The number of hydrogen-bond donors (Lipinski definition) is 3. The molecular weight excluding hydrogens is 418 g/mol. The number of aliphatic carboxylic acids is 1. The summed E-state index contributed by atoms with van der Waals surface area (Å²) in [4.78, 5) is 20.5. The Bertz CT molecular complexity index is 845. The van der Waals surface area contributed by atoms with Gasteiger partial charge in [-0.25, -0.2) is 0 Å². The van der Waals surface area contributed by atoms with E-state index in [1.807, 2.05) is 36.4 Å². The number of fused-ring (bicyclic) bond motifs is 1. The molecule has 3 rings (SSSR count). The van der Waals surface area contributed by atoms with Crippen LogP contribution in [0.4, 0.5) is 0 Å². The van der Waals surface area contributed by atoms with Crippen LogP contribution in [-0.2, 0) is 22.6 Å². The quantitative estimate of drug-likeness (QED) is 0.539. The third-order valence-electron chi connectivity index (χ3n) is 4.54. The van der Waals surface area contributed by atoms with Gasteiger partial charge in [-0.3, -0.25) is 9.59 Å². The van der Waals surface area contributed by atoms with Crippen molar-refractivity contribution < 1.29 is 29.3 Å². The third kappa shape index (κ3) is 9.00. The third-order valence-corrected chi connectivity index (χ3v) is 5.61. The van der Waals surface area contributed by atoms with E-state index in [4.69, 9.17) is 14.6 Å². The average molecular weight is 448 g/mol. The van der Waals surface area contributed by atoms with Gasteiger partial charge in [-0.1, -0.05) is 55.1 Å². The van der Waals surface area contributed by atoms with Crippen LogP contribution in [0.2, 0.25) is 0 Å². The minimum Gasteiger partial charge on any atom is -0.481 e. The average Bonchev–Trinajstić information content (AvgIpc) is 3.24. The molecule has 2 atom stereocenters. The lowest BCUT2D eigenvalue weighted by Gasteiger charge is -2.16. The van der Waals surface area contributed by atoms with Crippen LogP contribution < -0.4 is 14.8 Å². The summed E-state index contributed by atoms with van der Waals surface area (Å²) in [7, 11) is 0. The molecule has 1 aliphatic heterocycles. The number of aliphatic hydroxyl groups is 1. The number of carbonyl (C=O) groups is 2. The number of thioether (sulfide) groups is 1. The highest BCUT2D eigenvalue weighted by Gasteiger charge is 2.14. The molecule has 168 valence electrons. The molecule has 7 nitrogen and oxygen atoms in total. The second-order valence-electron chi connectivity index (χ2n) is 7.18. The molecule has 2 aromatic carbocycles. The van der Waals surface area contributed by atoms with Gasteiger partial charge in [0.1, 0.15) is 0 Å². The van der Waals surface area contributed by atoms with Gasteiger partial charge < -0.3 is 25.0 Å². The molecule has 0 aliphatic carbocycles. The van der Waals surface area contributed by atoms with E-state index in [0.717, 1.165) is 35.2 Å². The standard InChI is InChI=1S/C17H19NO3.C6H10O3S/c19-11-15(8-13-4-2-1-3-5-13)18-10-14-6-7-16-17(9-14)21-12-20-16;1-4(6(8)9)3-10-5(2)7/h1-7,9,15,18-19H,8,10-12H2;4H,3H2,1-2H3,(H,8,9)/t15-;/m0./s1. The summed E-state index contributed by atoms with van der Waals surface area (Å²) in [5.74, 6) is 0.660. The Kier molecular flexibility index (Phi) is 10.4. The first kappa shape index (κ1) is 24.7. The number of hydrogen-bond acceptors (Lipinski definition) is 7. The second kappa shape index (κ2) is 13.0. The predicted molar refractivity (Wildman–Crippen MR) is 120 cm³/mol. The zero-order valence-corrected chi connectivity index (χ0v) is 18.6. The second-order valence-corrected chi connectivity index (χ2v) is 8.38. The van der Waals surface area contributed by atoms with Crippen LogP contribution in [-0.4, -0.2) is 46.5 Å². The van der Waals surface area contributed by atoms with Crippen molar-refractivity contribution in [3.63, 3.8) is 0 Å². The molecule has 3 N–H and O–H groups in total. The van der Waals surface area contributed by atoms with Crippen molar-refractivity contribution in [2.45, 2.75) is 32.9 Å². The van der Waals surface area contributed by atoms with Gasteiger partial charge in [0.05, 0.1) is 12.5 Å². The van der Waals surface area contributed by atoms with Gasteiger partial charge in [0, 0.05) is 25.3 Å². The first-order valence-corrected chi connectivity index (χ1v) is 11.0. The van der Waals surface area contributed by atoms with Crippen molar-refractivity contribution in [1.29, 1.82) is 0 Å². The number of ether oxygens (including phenoxy) is 2. The van der Waals surface area contributed by atoms with E-state index in [1.54, 1.807) is 6.92 Å². The van der Waals surface area contributed by atoms with E-state index in [2.05, 4.69) is 17.4 Å². The predicted octanol–water partition coefficient (Wildman–Crippen LogP) is 3.10. The molecular formula is C23H29NO6S. The van der Waals surface area contributed by atoms with Crippen LogP contribution in [0, 0.1) is 5.92 Å². The highest BCUT2D eigenvalue weighted by atomic mass is 32.2. The fourth-order valence-corrected chi connectivity index (χ4v) is 3.35. The number of carboxylic acids is 1. The minimum atomic E-state index is -0.853. The number of nitrogens with one attached hydrogen (secondary N) is 1. The maximum absolute atomic E-state index is 10.3. The van der Waals surface area contributed by atoms with E-state index >= 15 is 0 Å². The number of aliphatic hydroxyl groups excluding tert-OH is 1. The number of rotatable bonds is 9. The summed E-state index contributed by atoms with van der Waals surface area (Å²) < 4.78 is 10.7. The summed E-state index contributed by atoms with van der Waals surface area (Å²) in [6.07, 6.45) is 0.807. The van der Waals surface area contributed by atoms with E-state index in [9.17, 15) is 14.7 Å². The molecule has 0 saturated heterocycles. The van der Waals surface area contributed by atoms with Crippen LogP contribution in [0.25, 0.3) is 0 Å². The topological polar surface area (TPSA) is 105 Å². The molecule has 8 heteroatoms. The van der Waals surface area contributed by atoms with Gasteiger partial charge in [0.2, 0.25) is 6.79 Å². The fourth-order valence-electron chi connectivity index (χ4n) is 2.73. The van der Waals surface area contributed by atoms with Crippen LogP contribution >= 0.6 is 11.8 Å². The summed E-state index contributed by atoms with van der Waals surface area (Å²) in [6, 6.07) is 16.1. The number of carbonyl (C=O) groups excluding carboxylic acids is 1. The monoisotopic (exact) mass is 447 g/mol. The summed E-state index contributed by atoms with van der Waals surface area (Å²) in [5.41, 5.74) is 2.33. The van der Waals surface area contributed by atoms with Crippen LogP contribution in [0.3, 0.4) is 0 Å². The molecule has 1 heterocycles. The highest BCUT2D eigenvalue weighted by molar-refractivity contribution is 8.13. The smallest absolute Gasteiger partial charge is 0.307 e. The van der Waals surface area contributed by atoms with Crippen molar-refractivity contribution in [3.05, 3.63) is 59.7 Å². The molecule has 31 heavy (non-hydrogen) atoms. The molecule has 0 fully saturated rings. The van der Waals surface area contributed by atoms with Crippen molar-refractivity contribution in [2.75, 3.05) is 19.2 Å². The van der Waals surface area contributed by atoms with Crippen LogP contribution in [0.1, 0.15) is 25.0 Å². The molecule has 0 bridgehead atoms. The first-order chi connectivity index (χ1) is 14.9. The van der Waals surface area contributed by atoms with Gasteiger partial charge >= 0.3 is 5.97 Å². The van der Waals surface area contributed by atoms with Crippen molar-refractivity contribution >= 4 is 22.8 Å². The lowest BCUT2D eigenvalue weighted by Crippen LogP contribution is -2.34. The van der Waals surface area contributed by atoms with Crippen LogP contribution in [0.15, 0.2) is 48.5 Å². The van der Waals surface area contributed by atoms with E-state index < -0.39 is 11.9 Å². The summed E-state index contributed by atoms with van der Waals surface area (Å²) in [6.45, 7) is 4.10.